The zero-order valence-corrected chi connectivity index (χ0v) is 12.1. The molecule has 0 N–H and O–H groups in total. The van der Waals surface area contributed by atoms with Gasteiger partial charge in [0.1, 0.15) is 5.82 Å². The number of hydrogen-bond donors (Lipinski definition) is 0. The summed E-state index contributed by atoms with van der Waals surface area (Å²) in [6.07, 6.45) is -3.57. The Morgan fingerprint density at radius 1 is 0.913 bits per heavy atom. The lowest BCUT2D eigenvalue weighted by Crippen LogP contribution is -2.11. The van der Waals surface area contributed by atoms with Crippen molar-refractivity contribution in [1.29, 1.82) is 0 Å². The van der Waals surface area contributed by atoms with Gasteiger partial charge < -0.3 is 0 Å². The van der Waals surface area contributed by atoms with Crippen LogP contribution in [0.5, 0.6) is 0 Å². The van der Waals surface area contributed by atoms with Crippen molar-refractivity contribution in [3.05, 3.63) is 77.6 Å². The van der Waals surface area contributed by atoms with Crippen molar-refractivity contribution in [2.75, 3.05) is 0 Å². The highest BCUT2D eigenvalue weighted by Crippen LogP contribution is 2.34. The predicted octanol–water partition coefficient (Wildman–Crippen LogP) is 5.43. The van der Waals surface area contributed by atoms with Gasteiger partial charge in [0, 0.05) is 12.0 Å². The topological polar surface area (TPSA) is 17.1 Å². The number of rotatable bonds is 5. The van der Waals surface area contributed by atoms with Crippen LogP contribution < -0.4 is 0 Å². The number of hydrogen-bond acceptors (Lipinski definition) is 1. The van der Waals surface area contributed by atoms with E-state index in [1.807, 2.05) is 0 Å². The molecular weight excluding hydrogens is 308 g/mol. The van der Waals surface area contributed by atoms with E-state index in [0.29, 0.717) is 0 Å². The largest absolute Gasteiger partial charge is 0.416 e. The maximum Gasteiger partial charge on any atom is 0.416 e. The summed E-state index contributed by atoms with van der Waals surface area (Å²) in [5.74, 6) is -0.791. The highest BCUT2D eigenvalue weighted by atomic mass is 19.4. The van der Waals surface area contributed by atoms with Gasteiger partial charge in [0.05, 0.1) is 5.57 Å². The first-order chi connectivity index (χ1) is 10.9. The summed E-state index contributed by atoms with van der Waals surface area (Å²) >= 11 is 0. The molecule has 0 aliphatic rings. The molecule has 120 valence electrons. The van der Waals surface area contributed by atoms with Crippen LogP contribution in [0.25, 0.3) is 5.57 Å². The lowest BCUT2D eigenvalue weighted by Gasteiger charge is -2.12. The van der Waals surface area contributed by atoms with E-state index in [2.05, 4.69) is 0 Å². The van der Waals surface area contributed by atoms with E-state index in [0.717, 1.165) is 18.2 Å². The van der Waals surface area contributed by atoms with Crippen LogP contribution in [0, 0.1) is 5.82 Å². The number of carbonyl (C=O) groups excluding carboxylic acids is 1. The van der Waals surface area contributed by atoms with Gasteiger partial charge >= 0.3 is 6.18 Å². The van der Waals surface area contributed by atoms with Gasteiger partial charge in [-0.25, -0.2) is 4.39 Å². The number of carbonyl (C=O) groups is 1. The van der Waals surface area contributed by atoms with E-state index < -0.39 is 17.6 Å². The summed E-state index contributed by atoms with van der Waals surface area (Å²) in [4.78, 5) is 11.9. The standard InChI is InChI=1S/C18H14F4O/c19-15-11-9-14(10-12-15)17(23)8-4-7-16(18(20,21)22)13-5-2-1-3-6-13/h1-3,5-7,9-12H,4,8H2. The zero-order chi connectivity index (χ0) is 16.9. The smallest absolute Gasteiger partial charge is 0.294 e. The van der Waals surface area contributed by atoms with Crippen molar-refractivity contribution < 1.29 is 22.4 Å². The van der Waals surface area contributed by atoms with Crippen LogP contribution in [0.15, 0.2) is 60.7 Å². The van der Waals surface area contributed by atoms with Gasteiger partial charge in [0.2, 0.25) is 0 Å². The third-order valence-electron chi connectivity index (χ3n) is 3.28. The Balaban J connectivity index is 2.09. The van der Waals surface area contributed by atoms with Gasteiger partial charge in [-0.1, -0.05) is 36.4 Å². The van der Waals surface area contributed by atoms with Crippen molar-refractivity contribution in [3.8, 4) is 0 Å². The Morgan fingerprint density at radius 3 is 2.09 bits per heavy atom. The quantitative estimate of drug-likeness (QED) is 0.529. The summed E-state index contributed by atoms with van der Waals surface area (Å²) in [7, 11) is 0. The Bertz CT molecular complexity index is 685. The van der Waals surface area contributed by atoms with Crippen LogP contribution >= 0.6 is 0 Å². The maximum absolute atomic E-state index is 13.1. The molecule has 1 nitrogen and oxygen atoms in total. The second kappa shape index (κ2) is 7.22. The molecule has 2 aromatic rings. The molecule has 0 amide bonds. The molecule has 0 fully saturated rings. The maximum atomic E-state index is 13.1. The van der Waals surface area contributed by atoms with Crippen LogP contribution in [-0.2, 0) is 0 Å². The van der Waals surface area contributed by atoms with Crippen molar-refractivity contribution in [2.45, 2.75) is 19.0 Å². The average Bonchev–Trinajstić information content (AvgIpc) is 2.51. The molecule has 0 heterocycles. The lowest BCUT2D eigenvalue weighted by atomic mass is 10.0. The Kier molecular flexibility index (Phi) is 5.32. The molecule has 0 aromatic heterocycles. The summed E-state index contributed by atoms with van der Waals surface area (Å²) in [5, 5.41) is 0. The second-order valence-corrected chi connectivity index (χ2v) is 4.95. The molecule has 2 aromatic carbocycles. The number of ketones is 1. The molecule has 0 bridgehead atoms. The highest BCUT2D eigenvalue weighted by Gasteiger charge is 2.34. The lowest BCUT2D eigenvalue weighted by molar-refractivity contribution is -0.0690. The average molecular weight is 322 g/mol. The molecular formula is C18H14F4O. The molecule has 0 saturated heterocycles. The van der Waals surface area contributed by atoms with Gasteiger partial charge in [-0.2, -0.15) is 13.2 Å². The predicted molar refractivity (Wildman–Crippen MR) is 80.4 cm³/mol. The summed E-state index contributed by atoms with van der Waals surface area (Å²) in [5.41, 5.74) is -0.410. The molecule has 0 saturated carbocycles. The van der Waals surface area contributed by atoms with E-state index in [1.165, 1.54) is 36.4 Å². The Hall–Kier alpha value is -2.43. The number of alkyl halides is 3. The minimum atomic E-state index is -4.49. The fourth-order valence-corrected chi connectivity index (χ4v) is 2.14. The molecule has 0 radical (unpaired) electrons. The van der Waals surface area contributed by atoms with Crippen LogP contribution in [0.4, 0.5) is 17.6 Å². The number of Topliss-reactive ketones (excluding diaryl/α,β-unsaturated/α-hetero) is 1. The normalized spacial score (nSPS) is 12.3. The molecule has 0 aliphatic carbocycles. The number of halogens is 4. The zero-order valence-electron chi connectivity index (χ0n) is 12.1. The van der Waals surface area contributed by atoms with Crippen molar-refractivity contribution in [1.82, 2.24) is 0 Å². The van der Waals surface area contributed by atoms with Gasteiger partial charge in [-0.05, 0) is 36.2 Å². The van der Waals surface area contributed by atoms with E-state index in [4.69, 9.17) is 0 Å². The third kappa shape index (κ3) is 4.77. The molecule has 0 unspecified atom stereocenters. The van der Waals surface area contributed by atoms with Gasteiger partial charge in [-0.15, -0.1) is 0 Å². The summed E-state index contributed by atoms with van der Waals surface area (Å²) in [6, 6.07) is 12.4. The van der Waals surface area contributed by atoms with Crippen LogP contribution in [-0.4, -0.2) is 12.0 Å². The van der Waals surface area contributed by atoms with Crippen LogP contribution in [0.2, 0.25) is 0 Å². The fraction of sp³-hybridized carbons (Fsp3) is 0.167. The molecule has 0 aliphatic heterocycles. The first-order valence-electron chi connectivity index (χ1n) is 6.99. The SMILES string of the molecule is O=C(CCC=C(c1ccccc1)C(F)(F)F)c1ccc(F)cc1. The summed E-state index contributed by atoms with van der Waals surface area (Å²) in [6.45, 7) is 0. The first kappa shape index (κ1) is 16.9. The second-order valence-electron chi connectivity index (χ2n) is 4.95. The summed E-state index contributed by atoms with van der Waals surface area (Å²) < 4.78 is 52.1. The Labute approximate surface area is 131 Å². The molecule has 0 atom stereocenters. The highest BCUT2D eigenvalue weighted by molar-refractivity contribution is 5.96. The van der Waals surface area contributed by atoms with Gasteiger partial charge in [0.15, 0.2) is 5.78 Å². The minimum absolute atomic E-state index is 0.0417. The van der Waals surface area contributed by atoms with Crippen LogP contribution in [0.1, 0.15) is 28.8 Å². The molecule has 23 heavy (non-hydrogen) atoms. The first-order valence-corrected chi connectivity index (χ1v) is 6.99. The monoisotopic (exact) mass is 322 g/mol. The van der Waals surface area contributed by atoms with Crippen molar-refractivity contribution >= 4 is 11.4 Å². The van der Waals surface area contributed by atoms with Crippen molar-refractivity contribution in [2.24, 2.45) is 0 Å². The fourth-order valence-electron chi connectivity index (χ4n) is 2.14. The minimum Gasteiger partial charge on any atom is -0.294 e. The van der Waals surface area contributed by atoms with E-state index in [1.54, 1.807) is 6.07 Å². The van der Waals surface area contributed by atoms with Crippen LogP contribution in [0.3, 0.4) is 0 Å². The van der Waals surface area contributed by atoms with Crippen molar-refractivity contribution in [3.63, 3.8) is 0 Å². The van der Waals surface area contributed by atoms with Gasteiger partial charge in [0.25, 0.3) is 0 Å². The number of allylic oxidation sites excluding steroid dienone is 2. The third-order valence-corrected chi connectivity index (χ3v) is 3.28. The van der Waals surface area contributed by atoms with Gasteiger partial charge in [-0.3, -0.25) is 4.79 Å². The molecule has 0 spiro atoms. The number of benzene rings is 2. The molecule has 5 heteroatoms. The van der Waals surface area contributed by atoms with E-state index in [-0.39, 0.29) is 29.8 Å². The molecule has 2 rings (SSSR count). The van der Waals surface area contributed by atoms with E-state index >= 15 is 0 Å². The Morgan fingerprint density at radius 2 is 1.52 bits per heavy atom. The van der Waals surface area contributed by atoms with E-state index in [9.17, 15) is 22.4 Å².